The predicted molar refractivity (Wildman–Crippen MR) is 70.8 cm³/mol. The summed E-state index contributed by atoms with van der Waals surface area (Å²) >= 11 is 7.39. The average molecular weight is 270 g/mol. The second kappa shape index (κ2) is 4.96. The summed E-state index contributed by atoms with van der Waals surface area (Å²) in [6, 6.07) is 7.05. The van der Waals surface area contributed by atoms with Crippen LogP contribution in [0.3, 0.4) is 0 Å². The molecule has 1 aromatic heterocycles. The van der Waals surface area contributed by atoms with Crippen LogP contribution in [-0.2, 0) is 0 Å². The molecule has 0 bridgehead atoms. The number of anilines is 1. The van der Waals surface area contributed by atoms with Crippen LogP contribution < -0.4 is 10.5 Å². The molecule has 90 valence electrons. The minimum atomic E-state index is -0.822. The lowest BCUT2D eigenvalue weighted by atomic mass is 10.1. The van der Waals surface area contributed by atoms with Crippen LogP contribution in [0.4, 0.5) is 5.69 Å². The molecule has 0 aliphatic heterocycles. The number of hydrogen-bond acceptors (Lipinski definition) is 4. The number of para-hydroxylation sites is 1. The zero-order valence-corrected chi connectivity index (χ0v) is 10.8. The Bertz CT molecular complexity index is 527. The number of methoxy groups -OCH3 is 1. The maximum absolute atomic E-state index is 10.3. The Balaban J connectivity index is 2.44. The smallest absolute Gasteiger partial charge is 0.142 e. The maximum Gasteiger partial charge on any atom is 0.142 e. The monoisotopic (exact) mass is 269 g/mol. The number of aliphatic hydroxyl groups excluding tert-OH is 1. The van der Waals surface area contributed by atoms with Crippen molar-refractivity contribution in [2.45, 2.75) is 6.10 Å². The van der Waals surface area contributed by atoms with Crippen LogP contribution in [0.15, 0.2) is 29.6 Å². The number of nitrogens with two attached hydrogens (primary N) is 1. The summed E-state index contributed by atoms with van der Waals surface area (Å²) in [4.78, 5) is 0.687. The molecule has 0 aliphatic rings. The number of nitrogen functional groups attached to an aromatic ring is 1. The molecule has 17 heavy (non-hydrogen) atoms. The van der Waals surface area contributed by atoms with Crippen molar-refractivity contribution >= 4 is 28.6 Å². The van der Waals surface area contributed by atoms with Crippen molar-refractivity contribution in [1.29, 1.82) is 0 Å². The molecule has 5 heteroatoms. The van der Waals surface area contributed by atoms with Crippen LogP contribution >= 0.6 is 22.9 Å². The number of rotatable bonds is 3. The molecule has 2 aromatic rings. The minimum Gasteiger partial charge on any atom is -0.495 e. The first kappa shape index (κ1) is 12.2. The molecule has 1 aromatic carbocycles. The normalized spacial score (nSPS) is 12.4. The van der Waals surface area contributed by atoms with Gasteiger partial charge in [-0.2, -0.15) is 0 Å². The quantitative estimate of drug-likeness (QED) is 0.842. The molecule has 0 amide bonds. The Morgan fingerprint density at radius 2 is 2.18 bits per heavy atom. The van der Waals surface area contributed by atoms with Gasteiger partial charge in [-0.25, -0.2) is 0 Å². The number of aliphatic hydroxyl groups is 1. The average Bonchev–Trinajstić information content (AvgIpc) is 2.75. The number of halogens is 1. The molecule has 0 fully saturated rings. The number of benzene rings is 1. The Labute approximate surface area is 108 Å². The van der Waals surface area contributed by atoms with Gasteiger partial charge < -0.3 is 15.6 Å². The highest BCUT2D eigenvalue weighted by molar-refractivity contribution is 7.10. The van der Waals surface area contributed by atoms with E-state index in [4.69, 9.17) is 22.1 Å². The molecule has 0 saturated heterocycles. The largest absolute Gasteiger partial charge is 0.495 e. The van der Waals surface area contributed by atoms with Crippen LogP contribution in [-0.4, -0.2) is 12.2 Å². The molecule has 1 unspecified atom stereocenters. The number of ether oxygens (including phenoxy) is 1. The molecule has 0 aliphatic carbocycles. The molecular formula is C12H12ClNO2S. The number of thiophene rings is 1. The van der Waals surface area contributed by atoms with Gasteiger partial charge in [-0.3, -0.25) is 0 Å². The third-order valence-corrected chi connectivity index (χ3v) is 3.92. The Kier molecular flexibility index (Phi) is 3.57. The fourth-order valence-electron chi connectivity index (χ4n) is 1.62. The zero-order chi connectivity index (χ0) is 12.4. The summed E-state index contributed by atoms with van der Waals surface area (Å²) < 4.78 is 5.12. The third-order valence-electron chi connectivity index (χ3n) is 2.51. The van der Waals surface area contributed by atoms with Gasteiger partial charge in [0.05, 0.1) is 22.7 Å². The first-order chi connectivity index (χ1) is 8.15. The third kappa shape index (κ3) is 2.24. The topological polar surface area (TPSA) is 55.5 Å². The van der Waals surface area contributed by atoms with Crippen molar-refractivity contribution in [3.8, 4) is 5.75 Å². The van der Waals surface area contributed by atoms with E-state index in [1.807, 2.05) is 5.38 Å². The second-order valence-corrected chi connectivity index (χ2v) is 4.85. The van der Waals surface area contributed by atoms with Gasteiger partial charge in [0.15, 0.2) is 0 Å². The van der Waals surface area contributed by atoms with Crippen molar-refractivity contribution in [2.75, 3.05) is 12.8 Å². The molecule has 3 N–H and O–H groups in total. The van der Waals surface area contributed by atoms with E-state index < -0.39 is 6.10 Å². The van der Waals surface area contributed by atoms with Gasteiger partial charge in [0.2, 0.25) is 0 Å². The lowest BCUT2D eigenvalue weighted by Crippen LogP contribution is -2.04. The van der Waals surface area contributed by atoms with Crippen LogP contribution in [0.1, 0.15) is 16.5 Å². The molecule has 1 heterocycles. The summed E-state index contributed by atoms with van der Waals surface area (Å²) in [6.45, 7) is 0. The van der Waals surface area contributed by atoms with Gasteiger partial charge in [-0.05, 0) is 17.5 Å². The van der Waals surface area contributed by atoms with E-state index >= 15 is 0 Å². The van der Waals surface area contributed by atoms with Gasteiger partial charge in [-0.1, -0.05) is 23.7 Å². The summed E-state index contributed by atoms with van der Waals surface area (Å²) in [5.41, 5.74) is 6.97. The van der Waals surface area contributed by atoms with Crippen molar-refractivity contribution in [3.63, 3.8) is 0 Å². The van der Waals surface area contributed by atoms with Crippen molar-refractivity contribution < 1.29 is 9.84 Å². The molecule has 0 radical (unpaired) electrons. The standard InChI is InChI=1S/C12H12ClNO2S/c1-16-9-4-2-3-7(10(9)14)11(15)12-8(13)5-6-17-12/h2-6,11,15H,14H2,1H3. The van der Waals surface area contributed by atoms with Gasteiger partial charge in [-0.15, -0.1) is 11.3 Å². The molecule has 3 nitrogen and oxygen atoms in total. The molecule has 0 saturated carbocycles. The van der Waals surface area contributed by atoms with E-state index in [0.29, 0.717) is 26.9 Å². The lowest BCUT2D eigenvalue weighted by Gasteiger charge is -2.14. The van der Waals surface area contributed by atoms with Crippen molar-refractivity contribution in [1.82, 2.24) is 0 Å². The molecule has 0 spiro atoms. The lowest BCUT2D eigenvalue weighted by molar-refractivity contribution is 0.224. The van der Waals surface area contributed by atoms with Gasteiger partial charge >= 0.3 is 0 Å². The highest BCUT2D eigenvalue weighted by Gasteiger charge is 2.19. The van der Waals surface area contributed by atoms with Crippen LogP contribution in [0.25, 0.3) is 0 Å². The first-order valence-electron chi connectivity index (χ1n) is 4.98. The number of hydrogen-bond donors (Lipinski definition) is 2. The van der Waals surface area contributed by atoms with E-state index in [1.165, 1.54) is 11.3 Å². The van der Waals surface area contributed by atoms with Crippen LogP contribution in [0.5, 0.6) is 5.75 Å². The fourth-order valence-corrected chi connectivity index (χ4v) is 2.78. The van der Waals surface area contributed by atoms with Gasteiger partial charge in [0, 0.05) is 5.56 Å². The summed E-state index contributed by atoms with van der Waals surface area (Å²) in [5.74, 6) is 0.550. The zero-order valence-electron chi connectivity index (χ0n) is 9.18. The van der Waals surface area contributed by atoms with Crippen molar-refractivity contribution in [3.05, 3.63) is 45.1 Å². The van der Waals surface area contributed by atoms with Gasteiger partial charge in [0.1, 0.15) is 11.9 Å². The van der Waals surface area contributed by atoms with E-state index in [0.717, 1.165) is 0 Å². The molecular weight excluding hydrogens is 258 g/mol. The minimum absolute atomic E-state index is 0.437. The van der Waals surface area contributed by atoms with Crippen LogP contribution in [0, 0.1) is 0 Å². The SMILES string of the molecule is COc1cccc(C(O)c2sccc2Cl)c1N. The molecule has 2 rings (SSSR count). The first-order valence-corrected chi connectivity index (χ1v) is 6.24. The Morgan fingerprint density at radius 1 is 1.41 bits per heavy atom. The van der Waals surface area contributed by atoms with Crippen molar-refractivity contribution in [2.24, 2.45) is 0 Å². The summed E-state index contributed by atoms with van der Waals surface area (Å²) in [7, 11) is 1.54. The second-order valence-electron chi connectivity index (χ2n) is 3.50. The maximum atomic E-state index is 10.3. The summed E-state index contributed by atoms with van der Waals surface area (Å²) in [5, 5.41) is 12.6. The highest BCUT2D eigenvalue weighted by atomic mass is 35.5. The van der Waals surface area contributed by atoms with E-state index in [1.54, 1.807) is 31.4 Å². The fraction of sp³-hybridized carbons (Fsp3) is 0.167. The highest BCUT2D eigenvalue weighted by Crippen LogP contribution is 2.37. The predicted octanol–water partition coefficient (Wildman–Crippen LogP) is 3.07. The molecule has 1 atom stereocenters. The Hall–Kier alpha value is -1.23. The van der Waals surface area contributed by atoms with Gasteiger partial charge in [0.25, 0.3) is 0 Å². The van der Waals surface area contributed by atoms with Crippen LogP contribution in [0.2, 0.25) is 5.02 Å². The van der Waals surface area contributed by atoms with E-state index in [9.17, 15) is 5.11 Å². The Morgan fingerprint density at radius 3 is 2.76 bits per heavy atom. The summed E-state index contributed by atoms with van der Waals surface area (Å²) in [6.07, 6.45) is -0.822. The van der Waals surface area contributed by atoms with E-state index in [2.05, 4.69) is 0 Å². The van der Waals surface area contributed by atoms with E-state index in [-0.39, 0.29) is 0 Å².